The van der Waals surface area contributed by atoms with Crippen molar-refractivity contribution >= 4 is 106 Å². The van der Waals surface area contributed by atoms with Crippen molar-refractivity contribution in [3.8, 4) is 0 Å². The molecule has 0 radical (unpaired) electrons. The summed E-state index contributed by atoms with van der Waals surface area (Å²) in [7, 11) is 0. The van der Waals surface area contributed by atoms with Crippen molar-refractivity contribution in [1.29, 1.82) is 0 Å². The Bertz CT molecular complexity index is 3650. The monoisotopic (exact) mass is 1120 g/mol. The van der Waals surface area contributed by atoms with Crippen LogP contribution in [0.5, 0.6) is 0 Å². The fourth-order valence-corrected chi connectivity index (χ4v) is 15.1. The Morgan fingerprint density at radius 3 is 0.449 bits per heavy atom. The number of rotatable bonds is 12. The van der Waals surface area contributed by atoms with E-state index in [2.05, 4.69) is 224 Å². The van der Waals surface area contributed by atoms with Gasteiger partial charge >= 0.3 is 0 Å². The van der Waals surface area contributed by atoms with E-state index in [1.165, 1.54) is 33.4 Å². The molecule has 6 bridgehead atoms. The summed E-state index contributed by atoms with van der Waals surface area (Å²) in [6.45, 7) is 12.7. The van der Waals surface area contributed by atoms with Crippen molar-refractivity contribution in [3.05, 3.63) is 249 Å². The smallest absolute Gasteiger partial charge is 0.164 e. The van der Waals surface area contributed by atoms with Crippen LogP contribution in [0.2, 0.25) is 0 Å². The summed E-state index contributed by atoms with van der Waals surface area (Å²) < 4.78 is 0. The summed E-state index contributed by atoms with van der Waals surface area (Å²) in [4.78, 5) is 46.1. The average molecular weight is 1120 g/mol. The van der Waals surface area contributed by atoms with Crippen LogP contribution in [0.25, 0.3) is 0 Å². The summed E-state index contributed by atoms with van der Waals surface area (Å²) in [6.07, 6.45) is 0. The molecule has 0 unspecified atom stereocenters. The number of aryl methyl sites for hydroxylation is 6. The van der Waals surface area contributed by atoms with Crippen molar-refractivity contribution in [3.63, 3.8) is 0 Å². The molecule has 0 amide bonds. The Morgan fingerprint density at radius 1 is 0.192 bits per heavy atom. The van der Waals surface area contributed by atoms with Crippen LogP contribution in [0.1, 0.15) is 66.8 Å². The maximum absolute atomic E-state index is 5.48. The van der Waals surface area contributed by atoms with Crippen LogP contribution >= 0.6 is 70.6 Å². The number of hydrogen-bond donors (Lipinski definition) is 0. The summed E-state index contributed by atoms with van der Waals surface area (Å²) in [6, 6.07) is 65.8. The average Bonchev–Trinajstić information content (AvgIpc) is 4.13. The summed E-state index contributed by atoms with van der Waals surface area (Å²) in [5.74, 6) is 3.26. The zero-order valence-electron chi connectivity index (χ0n) is 43.5. The van der Waals surface area contributed by atoms with Crippen LogP contribution in [-0.4, -0.2) is 35.0 Å². The number of benzene rings is 9. The normalized spacial score (nSPS) is 13.8. The quantitative estimate of drug-likeness (QED) is 0.121. The Hall–Kier alpha value is -6.90. The highest BCUT2D eigenvalue weighted by Crippen LogP contribution is 2.47. The molecule has 0 saturated heterocycles. The lowest BCUT2D eigenvalue weighted by molar-refractivity contribution is 1.21. The third kappa shape index (κ3) is 10.7. The van der Waals surface area contributed by atoms with E-state index >= 15 is 0 Å². The van der Waals surface area contributed by atoms with Crippen molar-refractivity contribution in [1.82, 2.24) is 0 Å². The van der Waals surface area contributed by atoms with Gasteiger partial charge in [0.1, 0.15) is 0 Å². The van der Waals surface area contributed by atoms with Gasteiger partial charge in [0, 0.05) is 92.1 Å². The molecule has 378 valence electrons. The maximum Gasteiger partial charge on any atom is 0.164 e. The molecular formula is C66H48N6S6. The van der Waals surface area contributed by atoms with Crippen LogP contribution < -0.4 is 0 Å². The Balaban J connectivity index is 1.03. The van der Waals surface area contributed by atoms with Gasteiger partial charge < -0.3 is 0 Å². The first-order valence-corrected chi connectivity index (χ1v) is 30.4. The second-order valence-electron chi connectivity index (χ2n) is 19.6. The summed E-state index contributed by atoms with van der Waals surface area (Å²) >= 11 is 10.5. The first-order valence-electron chi connectivity index (χ1n) is 25.5. The lowest BCUT2D eigenvalue weighted by Crippen LogP contribution is -2.04. The molecule has 9 aromatic rings. The molecule has 13 rings (SSSR count). The molecule has 0 aliphatic carbocycles. The maximum atomic E-state index is 5.48. The van der Waals surface area contributed by atoms with Gasteiger partial charge in [0.15, 0.2) is 35.0 Å². The predicted octanol–water partition coefficient (Wildman–Crippen LogP) is 18.4. The van der Waals surface area contributed by atoms with Crippen molar-refractivity contribution in [2.45, 2.75) is 100 Å². The molecule has 0 N–H and O–H groups in total. The zero-order chi connectivity index (χ0) is 53.0. The number of nitrogens with zero attached hydrogens (tertiary/aromatic N) is 6. The highest BCUT2D eigenvalue weighted by molar-refractivity contribution is 8.03. The fraction of sp³-hybridized carbons (Fsp3) is 0.0909. The van der Waals surface area contributed by atoms with Crippen LogP contribution in [0.15, 0.2) is 271 Å². The van der Waals surface area contributed by atoms with Gasteiger partial charge in [0.05, 0.1) is 0 Å². The largest absolute Gasteiger partial charge is 0.208 e. The third-order valence-corrected chi connectivity index (χ3v) is 20.2. The first kappa shape index (κ1) is 50.6. The van der Waals surface area contributed by atoms with Gasteiger partial charge in [-0.2, -0.15) is 0 Å². The van der Waals surface area contributed by atoms with E-state index in [9.17, 15) is 0 Å². The Morgan fingerprint density at radius 2 is 0.321 bits per heavy atom. The first-order chi connectivity index (χ1) is 38.0. The van der Waals surface area contributed by atoms with Crippen molar-refractivity contribution < 1.29 is 0 Å². The second kappa shape index (κ2) is 21.4. The number of hydrogen-bond acceptors (Lipinski definition) is 12. The fourth-order valence-electron chi connectivity index (χ4n) is 9.14. The summed E-state index contributed by atoms with van der Waals surface area (Å²) in [5.41, 5.74) is 12.6. The van der Waals surface area contributed by atoms with Gasteiger partial charge in [-0.25, -0.2) is 30.0 Å². The van der Waals surface area contributed by atoms with Crippen LogP contribution in [-0.2, 0) is 0 Å². The van der Waals surface area contributed by atoms with Gasteiger partial charge in [-0.15, -0.1) is 0 Å². The molecule has 0 spiro atoms. The number of amidine groups is 6. The number of fused-ring (bicyclic) bond motifs is 12. The number of aliphatic imine (C=N–C) groups is 6. The molecule has 4 aliphatic rings. The summed E-state index contributed by atoms with van der Waals surface area (Å²) in [5, 5.41) is 0. The van der Waals surface area contributed by atoms with E-state index in [0.29, 0.717) is 35.0 Å². The van der Waals surface area contributed by atoms with E-state index < -0.39 is 0 Å². The molecule has 0 fully saturated rings. The Kier molecular flexibility index (Phi) is 13.9. The van der Waals surface area contributed by atoms with Crippen LogP contribution in [0, 0.1) is 41.5 Å². The molecule has 6 nitrogen and oxygen atoms in total. The zero-order valence-corrected chi connectivity index (χ0v) is 48.4. The topological polar surface area (TPSA) is 74.2 Å². The third-order valence-electron chi connectivity index (χ3n) is 13.5. The molecular weight excluding hydrogens is 1070 g/mol. The van der Waals surface area contributed by atoms with E-state index in [4.69, 9.17) is 30.0 Å². The Labute approximate surface area is 480 Å². The lowest BCUT2D eigenvalue weighted by Gasteiger charge is -2.14. The minimum atomic E-state index is 0.544. The standard InChI is InChI=1S/C66H48N6S6/c1-37-7-19-43(20-8-37)73-55-31-49-50(32-56(55)74-44-21-9-38(2)10-22-44)62-67-61(49)70-63-51-33-57(75-45-23-11-39(3)12-24-45)58(76-46-25-13-40(4)14-26-46)34-52(51)65(68-63)72-66-54-36-60(78-48-29-17-42(6)18-30-48)59(35-53(54)64(69-66)71-62)77-47-27-15-41(5)16-28-47/h7-36H,1-6H3. The van der Waals surface area contributed by atoms with Gasteiger partial charge in [-0.1, -0.05) is 177 Å². The van der Waals surface area contributed by atoms with Gasteiger partial charge in [0.2, 0.25) is 0 Å². The van der Waals surface area contributed by atoms with E-state index in [1.807, 2.05) is 0 Å². The highest BCUT2D eigenvalue weighted by atomic mass is 32.2. The molecule has 0 aromatic heterocycles. The minimum Gasteiger partial charge on any atom is -0.208 e. The lowest BCUT2D eigenvalue weighted by atomic mass is 10.1. The molecule has 12 heteroatoms. The molecule has 9 aromatic carbocycles. The predicted molar refractivity (Wildman–Crippen MR) is 330 cm³/mol. The van der Waals surface area contributed by atoms with Crippen molar-refractivity contribution in [2.75, 3.05) is 0 Å². The van der Waals surface area contributed by atoms with Crippen LogP contribution in [0.3, 0.4) is 0 Å². The van der Waals surface area contributed by atoms with Crippen LogP contribution in [0.4, 0.5) is 0 Å². The van der Waals surface area contributed by atoms with Gasteiger partial charge in [0.25, 0.3) is 0 Å². The molecule has 78 heavy (non-hydrogen) atoms. The van der Waals surface area contributed by atoms with E-state index in [-0.39, 0.29) is 0 Å². The second-order valence-corrected chi connectivity index (χ2v) is 26.3. The van der Waals surface area contributed by atoms with E-state index in [1.54, 1.807) is 70.6 Å². The molecule has 4 heterocycles. The minimum absolute atomic E-state index is 0.544. The molecule has 0 saturated carbocycles. The van der Waals surface area contributed by atoms with E-state index in [0.717, 1.165) is 92.1 Å². The highest BCUT2D eigenvalue weighted by Gasteiger charge is 2.34. The van der Waals surface area contributed by atoms with Gasteiger partial charge in [-0.3, -0.25) is 0 Å². The van der Waals surface area contributed by atoms with Gasteiger partial charge in [-0.05, 0) is 151 Å². The SMILES string of the molecule is Cc1ccc(Sc2cc3c(cc2Sc2ccc(C)cc2)C2=NC4=NC(=NC5=NC(=NC3=N2)c2cc(Sc3ccc(C)cc3)c(Sc3ccc(C)cc3)cc25)c2cc(Sc3ccc(C)cc3)c(Sc3ccc(C)cc3)cc24)cc1. The molecule has 4 aliphatic heterocycles. The molecule has 0 atom stereocenters. The van der Waals surface area contributed by atoms with Crippen molar-refractivity contribution in [2.24, 2.45) is 30.0 Å².